The maximum atomic E-state index is 14.8. The van der Waals surface area contributed by atoms with Crippen molar-refractivity contribution in [2.45, 2.75) is 90.1 Å². The molecule has 354 valence electrons. The molecular weight excluding hydrogens is 1050 g/mol. The second-order valence-corrected chi connectivity index (χ2v) is 17.2. The number of nitrogens with zero attached hydrogens (tertiary/aromatic N) is 12. The van der Waals surface area contributed by atoms with Gasteiger partial charge in [0, 0.05) is 71.2 Å². The number of amides is 1. The summed E-state index contributed by atoms with van der Waals surface area (Å²) in [6.45, 7) is 5.40. The van der Waals surface area contributed by atoms with Gasteiger partial charge in [0.1, 0.15) is 46.3 Å². The molecule has 0 spiro atoms. The average Bonchev–Trinajstić information content (AvgIpc) is 3.80. The minimum Gasteiger partial charge on any atom is -0.478 e. The minimum atomic E-state index is -1.26. The van der Waals surface area contributed by atoms with Gasteiger partial charge >= 0.3 is 5.97 Å². The number of fused-ring (bicyclic) bond motifs is 2. The number of anilines is 2. The number of aromatic nitrogens is 12. The summed E-state index contributed by atoms with van der Waals surface area (Å²) >= 11 is 0. The Kier molecular flexibility index (Phi) is 14.1. The molecule has 69 heavy (non-hydrogen) atoms. The number of carbonyl (C=O) groups excluding carboxylic acids is 1. The van der Waals surface area contributed by atoms with E-state index in [1.54, 1.807) is 48.4 Å². The number of carbonyl (C=O) groups is 2. The van der Waals surface area contributed by atoms with Crippen molar-refractivity contribution in [3.8, 4) is 34.4 Å². The first-order valence-corrected chi connectivity index (χ1v) is 22.3. The summed E-state index contributed by atoms with van der Waals surface area (Å²) in [5.74, 6) is 2.27. The van der Waals surface area contributed by atoms with Crippen LogP contribution in [-0.2, 0) is 47.0 Å². The zero-order valence-electron chi connectivity index (χ0n) is 38.2. The summed E-state index contributed by atoms with van der Waals surface area (Å²) in [6, 6.07) is 16.4. The van der Waals surface area contributed by atoms with Crippen molar-refractivity contribution in [2.75, 3.05) is 11.1 Å². The first-order valence-electron chi connectivity index (χ1n) is 22.3. The summed E-state index contributed by atoms with van der Waals surface area (Å²) in [7, 11) is 0. The molecule has 2 saturated carbocycles. The van der Waals surface area contributed by atoms with E-state index in [-0.39, 0.29) is 39.6 Å². The number of halogens is 2. The summed E-state index contributed by atoms with van der Waals surface area (Å²) in [5, 5.41) is 28.4. The second kappa shape index (κ2) is 20.1. The van der Waals surface area contributed by atoms with Crippen LogP contribution in [0.15, 0.2) is 85.7 Å². The second-order valence-electron chi connectivity index (χ2n) is 17.2. The predicted octanol–water partition coefficient (Wildman–Crippen LogP) is 8.26. The van der Waals surface area contributed by atoms with Crippen LogP contribution in [0.25, 0.3) is 34.4 Å². The van der Waals surface area contributed by atoms with E-state index in [0.29, 0.717) is 46.2 Å². The molecule has 0 bridgehead atoms. The van der Waals surface area contributed by atoms with Gasteiger partial charge in [0.25, 0.3) is 5.91 Å². The third-order valence-electron chi connectivity index (χ3n) is 12.2. The number of nitrogens with one attached hydrogen (secondary N) is 1. The van der Waals surface area contributed by atoms with Gasteiger partial charge in [-0.2, -0.15) is 0 Å². The van der Waals surface area contributed by atoms with E-state index in [4.69, 9.17) is 10.8 Å². The van der Waals surface area contributed by atoms with Gasteiger partial charge in [0.15, 0.2) is 11.6 Å². The number of hydrogen-bond donors (Lipinski definition) is 3. The van der Waals surface area contributed by atoms with Gasteiger partial charge in [0.05, 0.1) is 46.5 Å². The van der Waals surface area contributed by atoms with Crippen LogP contribution < -0.4 is 11.1 Å². The van der Waals surface area contributed by atoms with Gasteiger partial charge in [-0.3, -0.25) is 4.79 Å². The molecular formula is C49H49F2N14O3W-. The molecule has 17 nitrogen and oxygen atoms in total. The Morgan fingerprint density at radius 1 is 0.696 bits per heavy atom. The van der Waals surface area contributed by atoms with Gasteiger partial charge in [-0.15, -0.1) is 20.4 Å². The number of carboxylic acids is 1. The number of nitrogen functional groups attached to an aromatic ring is 1. The third kappa shape index (κ3) is 10.3. The summed E-state index contributed by atoms with van der Waals surface area (Å²) < 4.78 is 36.1. The zero-order valence-corrected chi connectivity index (χ0v) is 41.1. The fourth-order valence-corrected chi connectivity index (χ4v) is 8.40. The maximum absolute atomic E-state index is 14.8. The van der Waals surface area contributed by atoms with Crippen LogP contribution in [0.1, 0.15) is 105 Å². The molecule has 0 atom stereocenters. The molecule has 0 saturated heterocycles. The number of benzene rings is 2. The molecule has 4 aliphatic rings. The van der Waals surface area contributed by atoms with Crippen molar-refractivity contribution in [3.63, 3.8) is 0 Å². The number of nitrogens with two attached hydrogens (primary N) is 1. The van der Waals surface area contributed by atoms with Crippen LogP contribution in [-0.4, -0.2) is 75.6 Å². The molecule has 0 unspecified atom stereocenters. The quantitative estimate of drug-likeness (QED) is 0.117. The first-order chi connectivity index (χ1) is 32.5. The molecule has 2 aromatic carbocycles. The van der Waals surface area contributed by atoms with Crippen LogP contribution >= 0.6 is 0 Å². The topological polar surface area (TPSA) is 215 Å². The molecule has 8 aromatic rings. The van der Waals surface area contributed by atoms with E-state index in [1.807, 2.05) is 46.7 Å². The Morgan fingerprint density at radius 3 is 1.70 bits per heavy atom. The molecule has 0 radical (unpaired) electrons. The van der Waals surface area contributed by atoms with Crippen LogP contribution in [0.4, 0.5) is 20.4 Å². The van der Waals surface area contributed by atoms with E-state index in [0.717, 1.165) is 110 Å². The number of imidazole rings is 2. The van der Waals surface area contributed by atoms with E-state index < -0.39 is 23.5 Å². The Hall–Kier alpha value is -7.27. The Morgan fingerprint density at radius 2 is 1.19 bits per heavy atom. The van der Waals surface area contributed by atoms with Gasteiger partial charge in [0.2, 0.25) is 0 Å². The van der Waals surface area contributed by atoms with Gasteiger partial charge in [-0.1, -0.05) is 12.1 Å². The summed E-state index contributed by atoms with van der Waals surface area (Å²) in [6.07, 6.45) is 15.9. The fraction of sp³-hybridized carbons (Fsp3) is 0.286. The molecule has 1 amide bonds. The zero-order chi connectivity index (χ0) is 46.3. The number of aryl methyl sites for hydroxylation is 4. The number of hydrogen-bond acceptors (Lipinski definition) is 11. The number of aromatic carboxylic acids is 1. The Labute approximate surface area is 410 Å². The minimum absolute atomic E-state index is 0. The molecule has 12 rings (SSSR count). The summed E-state index contributed by atoms with van der Waals surface area (Å²) in [5.41, 5.74) is 11.5. The number of pyridine rings is 2. The van der Waals surface area contributed by atoms with Crippen molar-refractivity contribution in [1.82, 2.24) is 58.6 Å². The molecule has 20 heteroatoms. The van der Waals surface area contributed by atoms with Crippen molar-refractivity contribution in [1.29, 1.82) is 0 Å². The molecule has 2 aliphatic heterocycles. The SMILES string of the molecule is Cc1cc(F)c(C(=O)Nc2cccc(-c3nnc4n3CCC4)n2)cc1-n1cnc(C2CC2)c1.Cc1cc(F)c(C(=O)O)cc1-n1cnc(C2CC2)c1.Nc1cccc(-c2nnc3n2CCC3)n1.[CH3-].[W]. The van der Waals surface area contributed by atoms with E-state index >= 15 is 0 Å². The van der Waals surface area contributed by atoms with Gasteiger partial charge in [-0.05, 0) is 112 Å². The molecule has 2 aliphatic carbocycles. The maximum Gasteiger partial charge on any atom is 0.338 e. The fourth-order valence-electron chi connectivity index (χ4n) is 8.40. The number of rotatable bonds is 9. The molecule has 4 N–H and O–H groups in total. The summed E-state index contributed by atoms with van der Waals surface area (Å²) in [4.78, 5) is 41.5. The average molecular weight is 1100 g/mol. The normalized spacial score (nSPS) is 14.3. The van der Waals surface area contributed by atoms with Crippen LogP contribution in [0.3, 0.4) is 0 Å². The van der Waals surface area contributed by atoms with Crippen LogP contribution in [0.5, 0.6) is 0 Å². The first kappa shape index (κ1) is 48.2. The Balaban J connectivity index is 0.000000151. The van der Waals surface area contributed by atoms with Crippen LogP contribution in [0, 0.1) is 32.9 Å². The van der Waals surface area contributed by atoms with E-state index in [9.17, 15) is 18.4 Å². The smallest absolute Gasteiger partial charge is 0.338 e. The van der Waals surface area contributed by atoms with Gasteiger partial charge in [-0.25, -0.2) is 33.5 Å². The van der Waals surface area contributed by atoms with Crippen molar-refractivity contribution >= 4 is 23.5 Å². The van der Waals surface area contributed by atoms with E-state index in [2.05, 4.69) is 50.2 Å². The molecule has 8 heterocycles. The van der Waals surface area contributed by atoms with E-state index in [1.165, 1.54) is 18.2 Å². The van der Waals surface area contributed by atoms with Crippen molar-refractivity contribution in [2.24, 2.45) is 0 Å². The predicted molar refractivity (Wildman–Crippen MR) is 249 cm³/mol. The van der Waals surface area contributed by atoms with Crippen molar-refractivity contribution in [3.05, 3.63) is 150 Å². The monoisotopic (exact) mass is 1100 g/mol. The standard InChI is InChI=1S/C24H22FN7O.C14H13FN2O2.C10H11N5.CH3.W/c1-14-10-17(25)16(11-20(14)31-12-19(26-13-31)15-7-8-15)24(33)28-21-5-2-4-18(27-21)23-30-29-22-6-3-9-32(22)23;1-8-4-11(15)10(14(18)19)5-13(8)17-6-12(16-7-17)9-2-3-9;11-8-4-1-3-7(12-8)10-14-13-9-5-2-6-15(9)10;;/h2,4-5,10-13,15H,3,6-9H2,1H3,(H,27,28,33);4-7,9H,2-3H2,1H3,(H,18,19);1,3-4H,2,5-6H2,(H2,11,12);1H3;/q;;;-1;. The third-order valence-corrected chi connectivity index (χ3v) is 12.2. The van der Waals surface area contributed by atoms with Crippen LogP contribution in [0.2, 0.25) is 0 Å². The number of carboxylic acid groups (broad SMARTS) is 1. The Bertz CT molecular complexity index is 3190. The van der Waals surface area contributed by atoms with Crippen molar-refractivity contribution < 1.29 is 44.5 Å². The molecule has 2 fully saturated rings. The largest absolute Gasteiger partial charge is 0.478 e. The van der Waals surface area contributed by atoms with Gasteiger partial charge < -0.3 is 41.9 Å². The molecule has 6 aromatic heterocycles.